The first-order valence-electron chi connectivity index (χ1n) is 7.72. The number of hydrogen-bond donors (Lipinski definition) is 1. The van der Waals surface area contributed by atoms with E-state index in [1.54, 1.807) is 11.8 Å². The zero-order valence-corrected chi connectivity index (χ0v) is 16.7. The molecule has 0 spiro atoms. The van der Waals surface area contributed by atoms with Gasteiger partial charge in [0.05, 0.1) is 7.11 Å². The van der Waals surface area contributed by atoms with Crippen LogP contribution in [0.4, 0.5) is 0 Å². The fourth-order valence-electron chi connectivity index (χ4n) is 1.38. The van der Waals surface area contributed by atoms with Crippen molar-refractivity contribution >= 4 is 34.4 Å². The van der Waals surface area contributed by atoms with Crippen LogP contribution in [0.25, 0.3) is 0 Å². The third-order valence-electron chi connectivity index (χ3n) is 2.47. The molecule has 25 heavy (non-hydrogen) atoms. The van der Waals surface area contributed by atoms with Crippen molar-refractivity contribution in [3.8, 4) is 0 Å². The van der Waals surface area contributed by atoms with Gasteiger partial charge >= 0.3 is 0 Å². The van der Waals surface area contributed by atoms with Crippen LogP contribution in [-0.4, -0.2) is 18.2 Å². The maximum Gasteiger partial charge on any atom is 0.274 e. The number of thioether (sulfide) groups is 1. The van der Waals surface area contributed by atoms with Gasteiger partial charge in [0.25, 0.3) is 5.91 Å². The molecule has 0 aliphatic carbocycles. The summed E-state index contributed by atoms with van der Waals surface area (Å²) in [6.45, 7) is 12.9. The van der Waals surface area contributed by atoms with E-state index in [-0.39, 0.29) is 11.5 Å². The molecule has 1 aliphatic heterocycles. The number of nitrogens with one attached hydrogen (secondary N) is 1. The molecule has 0 fully saturated rings. The van der Waals surface area contributed by atoms with E-state index >= 15 is 0 Å². The van der Waals surface area contributed by atoms with Crippen LogP contribution in [0.5, 0.6) is 0 Å². The third-order valence-corrected chi connectivity index (χ3v) is 3.83. The molecule has 0 saturated carbocycles. The lowest BCUT2D eigenvalue weighted by Crippen LogP contribution is -2.22. The summed E-state index contributed by atoms with van der Waals surface area (Å²) in [6, 6.07) is 8.01. The van der Waals surface area contributed by atoms with Gasteiger partial charge in [0.15, 0.2) is 0 Å². The molecule has 4 nitrogen and oxygen atoms in total. The van der Waals surface area contributed by atoms with Crippen LogP contribution in [0.15, 0.2) is 70.1 Å². The summed E-state index contributed by atoms with van der Waals surface area (Å²) in [7, 11) is 1.36. The molecule has 0 unspecified atom stereocenters. The van der Waals surface area contributed by atoms with E-state index < -0.39 is 0 Å². The number of benzene rings is 1. The molecule has 1 heterocycles. The van der Waals surface area contributed by atoms with Crippen molar-refractivity contribution < 1.29 is 9.63 Å². The van der Waals surface area contributed by atoms with Crippen LogP contribution in [0, 0.1) is 0 Å². The minimum absolute atomic E-state index is 0.289. The Morgan fingerprint density at radius 2 is 2.00 bits per heavy atom. The molecular formula is C19H25ClN2O2S. The Morgan fingerprint density at radius 1 is 1.40 bits per heavy atom. The summed E-state index contributed by atoms with van der Waals surface area (Å²) < 4.78 is 0. The second-order valence-electron chi connectivity index (χ2n) is 4.85. The highest BCUT2D eigenvalue weighted by Crippen LogP contribution is 2.29. The highest BCUT2D eigenvalue weighted by atomic mass is 35.5. The molecule has 1 aromatic carbocycles. The Morgan fingerprint density at radius 3 is 2.56 bits per heavy atom. The van der Waals surface area contributed by atoms with Crippen LogP contribution < -0.4 is 5.48 Å². The standard InChI is InChI=1S/C10H8ClNS.C6H9NO2.C3H8/c1-7-6-13-9-5-3-2-4-8(9)10(11)12-7;1-4-5(2)6(8)7-9-3;1-3-2/h2-6H,1H3;4H,1-2H2,3H3,(H,7,8);3H2,1-2H3. The zero-order valence-electron chi connectivity index (χ0n) is 15.1. The normalized spacial score (nSPS) is 11.7. The Bertz CT molecular complexity index is 655. The van der Waals surface area contributed by atoms with Crippen molar-refractivity contribution in [1.82, 2.24) is 5.48 Å². The second kappa shape index (κ2) is 13.5. The first kappa shape index (κ1) is 23.2. The summed E-state index contributed by atoms with van der Waals surface area (Å²) in [5.41, 5.74) is 4.34. The number of carbonyl (C=O) groups excluding carboxylic acids is 1. The highest BCUT2D eigenvalue weighted by molar-refractivity contribution is 8.02. The quantitative estimate of drug-likeness (QED) is 0.430. The number of allylic oxidation sites excluding steroid dienone is 1. The van der Waals surface area contributed by atoms with Gasteiger partial charge < -0.3 is 0 Å². The highest BCUT2D eigenvalue weighted by Gasteiger charge is 2.09. The van der Waals surface area contributed by atoms with Crippen LogP contribution in [0.1, 0.15) is 32.8 Å². The third kappa shape index (κ3) is 9.29. The van der Waals surface area contributed by atoms with Crippen LogP contribution in [0.2, 0.25) is 0 Å². The predicted octanol–water partition coefficient (Wildman–Crippen LogP) is 5.46. The summed E-state index contributed by atoms with van der Waals surface area (Å²) >= 11 is 7.70. The predicted molar refractivity (Wildman–Crippen MR) is 109 cm³/mol. The first-order chi connectivity index (χ1) is 11.9. The number of rotatable bonds is 3. The molecule has 1 amide bonds. The van der Waals surface area contributed by atoms with Crippen molar-refractivity contribution in [2.45, 2.75) is 32.1 Å². The molecule has 0 bridgehead atoms. The largest absolute Gasteiger partial charge is 0.277 e. The lowest BCUT2D eigenvalue weighted by molar-refractivity contribution is -0.126. The second-order valence-corrected chi connectivity index (χ2v) is 6.12. The fraction of sp³-hybridized carbons (Fsp3) is 0.263. The number of halogens is 1. The van der Waals surface area contributed by atoms with E-state index in [2.05, 4.69) is 42.3 Å². The summed E-state index contributed by atoms with van der Waals surface area (Å²) in [5.74, 6) is -0.368. The molecule has 0 atom stereocenters. The zero-order chi connectivity index (χ0) is 19.2. The SMILES string of the molecule is C=CC(=C)C(=O)NOC.CC1=CSc2ccccc2C(Cl)=N1.CCC. The average Bonchev–Trinajstić information content (AvgIpc) is 2.74. The molecule has 0 aromatic heterocycles. The molecule has 0 radical (unpaired) electrons. The summed E-state index contributed by atoms with van der Waals surface area (Å²) in [5, 5.41) is 2.59. The Hall–Kier alpha value is -1.82. The molecule has 1 aliphatic rings. The van der Waals surface area contributed by atoms with Crippen molar-refractivity contribution in [2.24, 2.45) is 4.99 Å². The van der Waals surface area contributed by atoms with Crippen LogP contribution >= 0.6 is 23.4 Å². The van der Waals surface area contributed by atoms with E-state index in [1.165, 1.54) is 19.6 Å². The molecule has 136 valence electrons. The van der Waals surface area contributed by atoms with E-state index in [0.717, 1.165) is 16.2 Å². The smallest absolute Gasteiger partial charge is 0.274 e. The number of hydroxylamine groups is 1. The van der Waals surface area contributed by atoms with E-state index in [0.29, 0.717) is 5.17 Å². The van der Waals surface area contributed by atoms with Gasteiger partial charge in [-0.1, -0.05) is 81.1 Å². The Labute approximate surface area is 159 Å². The topological polar surface area (TPSA) is 50.7 Å². The maximum absolute atomic E-state index is 10.6. The lowest BCUT2D eigenvalue weighted by atomic mass is 10.2. The van der Waals surface area contributed by atoms with Crippen LogP contribution in [-0.2, 0) is 9.63 Å². The van der Waals surface area contributed by atoms with Gasteiger partial charge in [-0.25, -0.2) is 10.5 Å². The minimum Gasteiger partial charge on any atom is -0.277 e. The first-order valence-corrected chi connectivity index (χ1v) is 8.98. The van der Waals surface area contributed by atoms with Crippen molar-refractivity contribution in [1.29, 1.82) is 0 Å². The van der Waals surface area contributed by atoms with Gasteiger partial charge in [-0.05, 0) is 18.4 Å². The molecule has 2 rings (SSSR count). The lowest BCUT2D eigenvalue weighted by Gasteiger charge is -2.01. The van der Waals surface area contributed by atoms with Crippen molar-refractivity contribution in [3.05, 3.63) is 65.7 Å². The summed E-state index contributed by atoms with van der Waals surface area (Å²) in [6.07, 6.45) is 2.61. The van der Waals surface area contributed by atoms with E-state index in [4.69, 9.17) is 11.6 Å². The number of aliphatic imine (C=N–C) groups is 1. The molecule has 0 saturated heterocycles. The van der Waals surface area contributed by atoms with E-state index in [9.17, 15) is 4.79 Å². The van der Waals surface area contributed by atoms with Gasteiger partial charge in [-0.3, -0.25) is 9.63 Å². The number of carbonyl (C=O) groups is 1. The van der Waals surface area contributed by atoms with Gasteiger partial charge in [0, 0.05) is 21.7 Å². The molecular weight excluding hydrogens is 356 g/mol. The van der Waals surface area contributed by atoms with Crippen molar-refractivity contribution in [2.75, 3.05) is 7.11 Å². The number of fused-ring (bicyclic) bond motifs is 1. The van der Waals surface area contributed by atoms with Crippen molar-refractivity contribution in [3.63, 3.8) is 0 Å². The number of nitrogens with zero attached hydrogens (tertiary/aromatic N) is 1. The number of amides is 1. The van der Waals surface area contributed by atoms with E-state index in [1.807, 2.05) is 36.6 Å². The summed E-state index contributed by atoms with van der Waals surface area (Å²) in [4.78, 5) is 20.3. The van der Waals surface area contributed by atoms with Crippen LogP contribution in [0.3, 0.4) is 0 Å². The fourth-order valence-corrected chi connectivity index (χ4v) is 2.53. The Kier molecular flexibility index (Phi) is 12.5. The average molecular weight is 381 g/mol. The monoisotopic (exact) mass is 380 g/mol. The molecule has 1 N–H and O–H groups in total. The molecule has 1 aromatic rings. The molecule has 6 heteroatoms. The van der Waals surface area contributed by atoms with Gasteiger partial charge in [-0.15, -0.1) is 0 Å². The van der Waals surface area contributed by atoms with Gasteiger partial charge in [0.2, 0.25) is 0 Å². The van der Waals surface area contributed by atoms with Gasteiger partial charge in [-0.2, -0.15) is 0 Å². The number of hydrogen-bond acceptors (Lipinski definition) is 4. The maximum atomic E-state index is 10.6. The van der Waals surface area contributed by atoms with Gasteiger partial charge in [0.1, 0.15) is 5.17 Å². The minimum atomic E-state index is -0.368. The Balaban J connectivity index is 0.000000422.